The highest BCUT2D eigenvalue weighted by atomic mass is 16.5. The molecule has 0 aliphatic heterocycles. The Labute approximate surface area is 91.9 Å². The Bertz CT molecular complexity index is 312. The maximum atomic E-state index is 5.04. The Kier molecular flexibility index (Phi) is 4.56. The van der Waals surface area contributed by atoms with E-state index in [1.807, 2.05) is 19.9 Å². The number of aromatic nitrogens is 1. The molecule has 1 unspecified atom stereocenters. The SMILES string of the molecule is COCCC(C)Nc1ccc(C)nc1C. The number of methoxy groups -OCH3 is 1. The molecule has 15 heavy (non-hydrogen) atoms. The standard InChI is InChI=1S/C12H20N2O/c1-9-5-6-12(11(3)13-9)14-10(2)7-8-15-4/h5-6,10,14H,7-8H2,1-4H3. The van der Waals surface area contributed by atoms with Crippen molar-refractivity contribution in [1.82, 2.24) is 4.98 Å². The fourth-order valence-electron chi connectivity index (χ4n) is 1.47. The fourth-order valence-corrected chi connectivity index (χ4v) is 1.47. The molecular weight excluding hydrogens is 188 g/mol. The van der Waals surface area contributed by atoms with Gasteiger partial charge in [0.25, 0.3) is 0 Å². The second-order valence-corrected chi connectivity index (χ2v) is 3.91. The summed E-state index contributed by atoms with van der Waals surface area (Å²) in [6.45, 7) is 6.97. The number of nitrogens with one attached hydrogen (secondary N) is 1. The first-order chi connectivity index (χ1) is 7.13. The molecule has 3 heteroatoms. The minimum atomic E-state index is 0.410. The number of nitrogens with zero attached hydrogens (tertiary/aromatic N) is 1. The molecule has 1 aromatic heterocycles. The molecule has 0 aliphatic carbocycles. The average molecular weight is 208 g/mol. The van der Waals surface area contributed by atoms with E-state index in [4.69, 9.17) is 4.74 Å². The number of aryl methyl sites for hydroxylation is 2. The number of hydrogen-bond donors (Lipinski definition) is 1. The Balaban J connectivity index is 2.56. The summed E-state index contributed by atoms with van der Waals surface area (Å²) in [5.41, 5.74) is 3.23. The van der Waals surface area contributed by atoms with Gasteiger partial charge in [-0.3, -0.25) is 4.98 Å². The highest BCUT2D eigenvalue weighted by Gasteiger charge is 2.04. The van der Waals surface area contributed by atoms with Crippen LogP contribution in [0.15, 0.2) is 12.1 Å². The molecule has 0 fully saturated rings. The predicted octanol–water partition coefficient (Wildman–Crippen LogP) is 2.54. The first-order valence-electron chi connectivity index (χ1n) is 5.33. The van der Waals surface area contributed by atoms with Crippen LogP contribution in [0, 0.1) is 13.8 Å². The summed E-state index contributed by atoms with van der Waals surface area (Å²) in [6.07, 6.45) is 1.00. The molecular formula is C12H20N2O. The van der Waals surface area contributed by atoms with E-state index >= 15 is 0 Å². The Morgan fingerprint density at radius 2 is 2.13 bits per heavy atom. The van der Waals surface area contributed by atoms with Gasteiger partial charge >= 0.3 is 0 Å². The maximum absolute atomic E-state index is 5.04. The smallest absolute Gasteiger partial charge is 0.0606 e. The number of pyridine rings is 1. The second-order valence-electron chi connectivity index (χ2n) is 3.91. The molecule has 0 bridgehead atoms. The van der Waals surface area contributed by atoms with E-state index in [0.29, 0.717) is 6.04 Å². The molecule has 1 aromatic rings. The van der Waals surface area contributed by atoms with Gasteiger partial charge in [-0.1, -0.05) is 0 Å². The van der Waals surface area contributed by atoms with Gasteiger partial charge in [-0.15, -0.1) is 0 Å². The monoisotopic (exact) mass is 208 g/mol. The van der Waals surface area contributed by atoms with E-state index in [1.54, 1.807) is 7.11 Å². The van der Waals surface area contributed by atoms with Crippen LogP contribution < -0.4 is 5.32 Å². The molecule has 0 spiro atoms. The number of hydrogen-bond acceptors (Lipinski definition) is 3. The van der Waals surface area contributed by atoms with Crippen molar-refractivity contribution < 1.29 is 4.74 Å². The van der Waals surface area contributed by atoms with Crippen LogP contribution in [-0.4, -0.2) is 24.7 Å². The van der Waals surface area contributed by atoms with E-state index < -0.39 is 0 Å². The first-order valence-corrected chi connectivity index (χ1v) is 5.33. The van der Waals surface area contributed by atoms with Crippen LogP contribution >= 0.6 is 0 Å². The zero-order valence-electron chi connectivity index (χ0n) is 10.0. The number of rotatable bonds is 5. The molecule has 0 amide bonds. The lowest BCUT2D eigenvalue weighted by molar-refractivity contribution is 0.191. The number of anilines is 1. The normalized spacial score (nSPS) is 12.5. The molecule has 1 heterocycles. The van der Waals surface area contributed by atoms with Gasteiger partial charge < -0.3 is 10.1 Å². The predicted molar refractivity (Wildman–Crippen MR) is 63.3 cm³/mol. The van der Waals surface area contributed by atoms with Crippen LogP contribution in [-0.2, 0) is 4.74 Å². The zero-order chi connectivity index (χ0) is 11.3. The summed E-state index contributed by atoms with van der Waals surface area (Å²) >= 11 is 0. The van der Waals surface area contributed by atoms with Gasteiger partial charge in [-0.25, -0.2) is 0 Å². The third-order valence-corrected chi connectivity index (χ3v) is 2.38. The van der Waals surface area contributed by atoms with Gasteiger partial charge in [0.05, 0.1) is 11.4 Å². The van der Waals surface area contributed by atoms with Crippen molar-refractivity contribution in [2.24, 2.45) is 0 Å². The summed E-state index contributed by atoms with van der Waals surface area (Å²) in [5.74, 6) is 0. The molecule has 1 N–H and O–H groups in total. The van der Waals surface area contributed by atoms with Crippen LogP contribution in [0.2, 0.25) is 0 Å². The first kappa shape index (κ1) is 12.0. The topological polar surface area (TPSA) is 34.1 Å². The summed E-state index contributed by atoms with van der Waals surface area (Å²) in [7, 11) is 1.73. The summed E-state index contributed by atoms with van der Waals surface area (Å²) in [4.78, 5) is 4.41. The Hall–Kier alpha value is -1.09. The molecule has 0 radical (unpaired) electrons. The van der Waals surface area contributed by atoms with Gasteiger partial charge in [0.15, 0.2) is 0 Å². The Morgan fingerprint density at radius 1 is 1.40 bits per heavy atom. The highest BCUT2D eigenvalue weighted by molar-refractivity contribution is 5.48. The molecule has 0 aliphatic rings. The highest BCUT2D eigenvalue weighted by Crippen LogP contribution is 2.14. The summed E-state index contributed by atoms with van der Waals surface area (Å²) < 4.78 is 5.04. The van der Waals surface area contributed by atoms with Crippen LogP contribution in [0.1, 0.15) is 24.7 Å². The minimum Gasteiger partial charge on any atom is -0.385 e. The van der Waals surface area contributed by atoms with Gasteiger partial charge in [0.2, 0.25) is 0 Å². The van der Waals surface area contributed by atoms with Gasteiger partial charge in [-0.05, 0) is 39.3 Å². The summed E-state index contributed by atoms with van der Waals surface area (Å²) in [5, 5.41) is 3.43. The van der Waals surface area contributed by atoms with Crippen LogP contribution in [0.5, 0.6) is 0 Å². The summed E-state index contributed by atoms with van der Waals surface area (Å²) in [6, 6.07) is 4.52. The van der Waals surface area contributed by atoms with Crippen LogP contribution in [0.3, 0.4) is 0 Å². The van der Waals surface area contributed by atoms with Crippen molar-refractivity contribution in [3.63, 3.8) is 0 Å². The van der Waals surface area contributed by atoms with E-state index in [2.05, 4.69) is 23.3 Å². The molecule has 84 valence electrons. The Morgan fingerprint density at radius 3 is 2.73 bits per heavy atom. The largest absolute Gasteiger partial charge is 0.385 e. The molecule has 3 nitrogen and oxygen atoms in total. The van der Waals surface area contributed by atoms with Gasteiger partial charge in [-0.2, -0.15) is 0 Å². The van der Waals surface area contributed by atoms with E-state index in [0.717, 1.165) is 30.1 Å². The van der Waals surface area contributed by atoms with E-state index in [-0.39, 0.29) is 0 Å². The molecule has 0 saturated carbocycles. The van der Waals surface area contributed by atoms with Crippen molar-refractivity contribution in [1.29, 1.82) is 0 Å². The quantitative estimate of drug-likeness (QED) is 0.807. The van der Waals surface area contributed by atoms with Crippen molar-refractivity contribution in [2.45, 2.75) is 33.2 Å². The van der Waals surface area contributed by atoms with Gasteiger partial charge in [0.1, 0.15) is 0 Å². The third-order valence-electron chi connectivity index (χ3n) is 2.38. The van der Waals surface area contributed by atoms with Gasteiger partial charge in [0, 0.05) is 25.5 Å². The minimum absolute atomic E-state index is 0.410. The lowest BCUT2D eigenvalue weighted by Crippen LogP contribution is -2.18. The lowest BCUT2D eigenvalue weighted by Gasteiger charge is -2.16. The average Bonchev–Trinajstić information content (AvgIpc) is 2.19. The lowest BCUT2D eigenvalue weighted by atomic mass is 10.2. The second kappa shape index (κ2) is 5.71. The van der Waals surface area contributed by atoms with Crippen molar-refractivity contribution >= 4 is 5.69 Å². The van der Waals surface area contributed by atoms with Crippen LogP contribution in [0.4, 0.5) is 5.69 Å². The molecule has 1 atom stereocenters. The molecule has 0 aromatic carbocycles. The molecule has 1 rings (SSSR count). The van der Waals surface area contributed by atoms with Crippen molar-refractivity contribution in [3.05, 3.63) is 23.5 Å². The van der Waals surface area contributed by atoms with Crippen LogP contribution in [0.25, 0.3) is 0 Å². The fraction of sp³-hybridized carbons (Fsp3) is 0.583. The van der Waals surface area contributed by atoms with E-state index in [1.165, 1.54) is 0 Å². The maximum Gasteiger partial charge on any atom is 0.0606 e. The number of ether oxygens (including phenoxy) is 1. The van der Waals surface area contributed by atoms with Crippen molar-refractivity contribution in [2.75, 3.05) is 19.0 Å². The zero-order valence-corrected chi connectivity index (χ0v) is 10.0. The third kappa shape index (κ3) is 3.88. The molecule has 0 saturated heterocycles. The van der Waals surface area contributed by atoms with Crippen molar-refractivity contribution in [3.8, 4) is 0 Å². The van der Waals surface area contributed by atoms with E-state index in [9.17, 15) is 0 Å².